The number of aryl methyl sites for hydroxylation is 3. The number of piperazine rings is 1. The normalized spacial score (nSPS) is 16.7. The first-order chi connectivity index (χ1) is 13.2. The molecule has 2 amide bonds. The molecular weight excluding hydrogens is 358 g/mol. The van der Waals surface area contributed by atoms with Crippen LogP contribution in [-0.2, 0) is 19.1 Å². The van der Waals surface area contributed by atoms with E-state index in [-0.39, 0.29) is 30.7 Å². The minimum absolute atomic E-state index is 0.0650. The highest BCUT2D eigenvalue weighted by molar-refractivity contribution is 5.93. The number of hydrogen-bond acceptors (Lipinski definition) is 5. The first-order valence-corrected chi connectivity index (χ1v) is 9.73. The molecule has 2 rings (SSSR count). The number of anilines is 1. The average molecular weight is 389 g/mol. The Morgan fingerprint density at radius 3 is 2.50 bits per heavy atom. The Labute approximate surface area is 166 Å². The highest BCUT2D eigenvalue weighted by Crippen LogP contribution is 2.22. The molecule has 0 bridgehead atoms. The number of ether oxygens (including phenoxy) is 1. The van der Waals surface area contributed by atoms with Crippen molar-refractivity contribution >= 4 is 23.5 Å². The average Bonchev–Trinajstić information content (AvgIpc) is 2.60. The monoisotopic (exact) mass is 389 g/mol. The van der Waals surface area contributed by atoms with Crippen LogP contribution in [0.15, 0.2) is 12.1 Å². The van der Waals surface area contributed by atoms with E-state index in [1.165, 1.54) is 10.5 Å². The zero-order valence-corrected chi connectivity index (χ0v) is 17.4. The van der Waals surface area contributed by atoms with Crippen LogP contribution in [0, 0.1) is 26.7 Å². The SMILES string of the molecule is Cc1cc(C)c(NCC(=O)N2CCNC(=O)C2CC(=O)OCC(C)C)c(C)c1. The van der Waals surface area contributed by atoms with Crippen molar-refractivity contribution in [3.05, 3.63) is 28.8 Å². The Bertz CT molecular complexity index is 722. The third-order valence-corrected chi connectivity index (χ3v) is 4.68. The van der Waals surface area contributed by atoms with Crippen molar-refractivity contribution in [3.8, 4) is 0 Å². The molecule has 0 spiro atoms. The number of carbonyl (C=O) groups excluding carboxylic acids is 3. The van der Waals surface area contributed by atoms with Gasteiger partial charge in [-0.3, -0.25) is 14.4 Å². The molecule has 1 saturated heterocycles. The van der Waals surface area contributed by atoms with E-state index in [1.54, 1.807) is 0 Å². The standard InChI is InChI=1S/C21H31N3O4/c1-13(2)12-28-19(26)10-17-21(27)22-6-7-24(17)18(25)11-23-20-15(4)8-14(3)9-16(20)5/h8-9,13,17,23H,6-7,10-12H2,1-5H3,(H,22,27). The minimum Gasteiger partial charge on any atom is -0.465 e. The Morgan fingerprint density at radius 1 is 1.25 bits per heavy atom. The zero-order valence-electron chi connectivity index (χ0n) is 17.4. The second-order valence-corrected chi connectivity index (χ2v) is 7.80. The van der Waals surface area contributed by atoms with Gasteiger partial charge in [0, 0.05) is 18.8 Å². The number of esters is 1. The molecule has 1 heterocycles. The summed E-state index contributed by atoms with van der Waals surface area (Å²) in [6.45, 7) is 11.0. The Kier molecular flexibility index (Phi) is 7.43. The van der Waals surface area contributed by atoms with Crippen LogP contribution in [0.3, 0.4) is 0 Å². The molecule has 0 radical (unpaired) electrons. The fourth-order valence-corrected chi connectivity index (χ4v) is 3.42. The summed E-state index contributed by atoms with van der Waals surface area (Å²) in [5.41, 5.74) is 4.22. The van der Waals surface area contributed by atoms with E-state index in [9.17, 15) is 14.4 Å². The topological polar surface area (TPSA) is 87.7 Å². The molecule has 1 aromatic rings. The van der Waals surface area contributed by atoms with Gasteiger partial charge >= 0.3 is 5.97 Å². The van der Waals surface area contributed by atoms with Gasteiger partial charge in [0.25, 0.3) is 0 Å². The summed E-state index contributed by atoms with van der Waals surface area (Å²) >= 11 is 0. The summed E-state index contributed by atoms with van der Waals surface area (Å²) < 4.78 is 5.18. The van der Waals surface area contributed by atoms with Gasteiger partial charge in [0.05, 0.1) is 19.6 Å². The van der Waals surface area contributed by atoms with E-state index in [1.807, 2.05) is 34.6 Å². The number of amides is 2. The van der Waals surface area contributed by atoms with Crippen LogP contribution < -0.4 is 10.6 Å². The van der Waals surface area contributed by atoms with Gasteiger partial charge in [-0.15, -0.1) is 0 Å². The van der Waals surface area contributed by atoms with Gasteiger partial charge in [0.2, 0.25) is 11.8 Å². The molecule has 28 heavy (non-hydrogen) atoms. The molecule has 7 heteroatoms. The summed E-state index contributed by atoms with van der Waals surface area (Å²) in [4.78, 5) is 38.6. The lowest BCUT2D eigenvalue weighted by molar-refractivity contribution is -0.152. The fraction of sp³-hybridized carbons (Fsp3) is 0.571. The molecule has 1 aliphatic heterocycles. The number of benzene rings is 1. The van der Waals surface area contributed by atoms with E-state index in [0.29, 0.717) is 19.7 Å². The van der Waals surface area contributed by atoms with Crippen molar-refractivity contribution in [1.29, 1.82) is 0 Å². The van der Waals surface area contributed by atoms with E-state index >= 15 is 0 Å². The maximum atomic E-state index is 12.8. The van der Waals surface area contributed by atoms with Crippen LogP contribution in [0.1, 0.15) is 37.0 Å². The first-order valence-electron chi connectivity index (χ1n) is 9.73. The van der Waals surface area contributed by atoms with E-state index in [2.05, 4.69) is 22.8 Å². The van der Waals surface area contributed by atoms with Crippen LogP contribution in [0.2, 0.25) is 0 Å². The van der Waals surface area contributed by atoms with Crippen LogP contribution in [0.5, 0.6) is 0 Å². The summed E-state index contributed by atoms with van der Waals surface area (Å²) in [6, 6.07) is 3.28. The van der Waals surface area contributed by atoms with Gasteiger partial charge in [0.15, 0.2) is 0 Å². The zero-order chi connectivity index (χ0) is 20.8. The number of nitrogens with one attached hydrogen (secondary N) is 2. The predicted octanol–water partition coefficient (Wildman–Crippen LogP) is 1.94. The highest BCUT2D eigenvalue weighted by Gasteiger charge is 2.35. The molecule has 0 aromatic heterocycles. The number of rotatable bonds is 7. The summed E-state index contributed by atoms with van der Waals surface area (Å²) in [7, 11) is 0. The van der Waals surface area contributed by atoms with Crippen molar-refractivity contribution in [3.63, 3.8) is 0 Å². The molecule has 2 N–H and O–H groups in total. The molecule has 1 fully saturated rings. The predicted molar refractivity (Wildman–Crippen MR) is 108 cm³/mol. The smallest absolute Gasteiger partial charge is 0.308 e. The fourth-order valence-electron chi connectivity index (χ4n) is 3.42. The van der Waals surface area contributed by atoms with Crippen LogP contribution in [-0.4, -0.2) is 55.0 Å². The van der Waals surface area contributed by atoms with Gasteiger partial charge in [-0.2, -0.15) is 0 Å². The Balaban J connectivity index is 2.03. The minimum atomic E-state index is -0.831. The molecule has 1 unspecified atom stereocenters. The lowest BCUT2D eigenvalue weighted by Gasteiger charge is -2.34. The molecule has 154 valence electrons. The highest BCUT2D eigenvalue weighted by atomic mass is 16.5. The summed E-state index contributed by atoms with van der Waals surface area (Å²) in [5.74, 6) is -0.779. The summed E-state index contributed by atoms with van der Waals surface area (Å²) in [6.07, 6.45) is -0.132. The Hall–Kier alpha value is -2.57. The van der Waals surface area contributed by atoms with Gasteiger partial charge in [-0.1, -0.05) is 31.5 Å². The second kappa shape index (κ2) is 9.57. The van der Waals surface area contributed by atoms with Crippen molar-refractivity contribution in [2.24, 2.45) is 5.92 Å². The van der Waals surface area contributed by atoms with E-state index < -0.39 is 12.0 Å². The van der Waals surface area contributed by atoms with E-state index in [4.69, 9.17) is 4.74 Å². The molecule has 7 nitrogen and oxygen atoms in total. The molecular formula is C21H31N3O4. The van der Waals surface area contributed by atoms with Gasteiger partial charge < -0.3 is 20.3 Å². The molecule has 0 aliphatic carbocycles. The van der Waals surface area contributed by atoms with Gasteiger partial charge in [0.1, 0.15) is 6.04 Å². The molecule has 1 atom stereocenters. The summed E-state index contributed by atoms with van der Waals surface area (Å²) in [5, 5.41) is 5.92. The van der Waals surface area contributed by atoms with E-state index in [0.717, 1.165) is 16.8 Å². The lowest BCUT2D eigenvalue weighted by atomic mass is 10.0. The third kappa shape index (κ3) is 5.71. The third-order valence-electron chi connectivity index (χ3n) is 4.68. The van der Waals surface area contributed by atoms with Gasteiger partial charge in [-0.25, -0.2) is 0 Å². The Morgan fingerprint density at radius 2 is 1.89 bits per heavy atom. The largest absolute Gasteiger partial charge is 0.465 e. The molecule has 1 aromatic carbocycles. The molecule has 1 aliphatic rings. The van der Waals surface area contributed by atoms with Crippen molar-refractivity contribution < 1.29 is 19.1 Å². The van der Waals surface area contributed by atoms with Crippen molar-refractivity contribution in [2.45, 2.75) is 47.1 Å². The number of hydrogen-bond donors (Lipinski definition) is 2. The van der Waals surface area contributed by atoms with Crippen molar-refractivity contribution in [1.82, 2.24) is 10.2 Å². The number of carbonyl (C=O) groups is 3. The second-order valence-electron chi connectivity index (χ2n) is 7.80. The maximum Gasteiger partial charge on any atom is 0.308 e. The molecule has 0 saturated carbocycles. The quantitative estimate of drug-likeness (QED) is 0.696. The maximum absolute atomic E-state index is 12.8. The van der Waals surface area contributed by atoms with Gasteiger partial charge in [-0.05, 0) is 37.8 Å². The number of nitrogens with zero attached hydrogens (tertiary/aromatic N) is 1. The van der Waals surface area contributed by atoms with Crippen LogP contribution in [0.4, 0.5) is 5.69 Å². The van der Waals surface area contributed by atoms with Crippen molar-refractivity contribution in [2.75, 3.05) is 31.6 Å². The van der Waals surface area contributed by atoms with Crippen LogP contribution >= 0.6 is 0 Å². The first kappa shape index (κ1) is 21.7. The lowest BCUT2D eigenvalue weighted by Crippen LogP contribution is -2.58. The van der Waals surface area contributed by atoms with Crippen LogP contribution in [0.25, 0.3) is 0 Å².